The number of nitrogens with one attached hydrogen (secondary N) is 1. The standard InChI is InChI=1S/C19H23N5O2/c1-2-15(13-6-4-3-5-7-13)23-18-17-19(21-11-20-18)24(12-22-17)16-9-8-14(10-25)26-16/h3-7,11-12,14-16,25H,2,8-10H2,1H3,(H,20,21,23)/t14-,15+,16+/m0/s1. The van der Waals surface area contributed by atoms with Crippen molar-refractivity contribution in [1.82, 2.24) is 19.5 Å². The maximum Gasteiger partial charge on any atom is 0.167 e. The summed E-state index contributed by atoms with van der Waals surface area (Å²) in [7, 11) is 0. The topological polar surface area (TPSA) is 85.1 Å². The first-order chi connectivity index (χ1) is 12.8. The predicted molar refractivity (Wildman–Crippen MR) is 98.6 cm³/mol. The lowest BCUT2D eigenvalue weighted by Crippen LogP contribution is -2.14. The zero-order valence-electron chi connectivity index (χ0n) is 14.7. The van der Waals surface area contributed by atoms with Crippen molar-refractivity contribution < 1.29 is 9.84 Å². The Morgan fingerprint density at radius 3 is 2.81 bits per heavy atom. The van der Waals surface area contributed by atoms with E-state index in [9.17, 15) is 5.11 Å². The number of fused-ring (bicyclic) bond motifs is 1. The van der Waals surface area contributed by atoms with E-state index in [0.29, 0.717) is 0 Å². The van der Waals surface area contributed by atoms with Gasteiger partial charge in [-0.05, 0) is 24.8 Å². The van der Waals surface area contributed by atoms with Gasteiger partial charge in [-0.1, -0.05) is 37.3 Å². The fraction of sp³-hybridized carbons (Fsp3) is 0.421. The van der Waals surface area contributed by atoms with Gasteiger partial charge in [0.15, 0.2) is 17.0 Å². The van der Waals surface area contributed by atoms with Crippen LogP contribution in [0.15, 0.2) is 43.0 Å². The van der Waals surface area contributed by atoms with E-state index in [0.717, 1.165) is 36.2 Å². The average Bonchev–Trinajstić information content (AvgIpc) is 3.33. The molecule has 0 unspecified atom stereocenters. The van der Waals surface area contributed by atoms with E-state index in [1.54, 1.807) is 12.7 Å². The summed E-state index contributed by atoms with van der Waals surface area (Å²) in [6.45, 7) is 2.18. The Morgan fingerprint density at radius 2 is 2.08 bits per heavy atom. The number of ether oxygens (including phenoxy) is 1. The number of anilines is 1. The van der Waals surface area contributed by atoms with Gasteiger partial charge >= 0.3 is 0 Å². The average molecular weight is 353 g/mol. The van der Waals surface area contributed by atoms with E-state index in [4.69, 9.17) is 4.74 Å². The first-order valence-corrected chi connectivity index (χ1v) is 9.05. The summed E-state index contributed by atoms with van der Waals surface area (Å²) in [6, 6.07) is 10.5. The normalized spacial score (nSPS) is 21.2. The second-order valence-electron chi connectivity index (χ2n) is 6.53. The predicted octanol–water partition coefficient (Wildman–Crippen LogP) is 3.06. The van der Waals surface area contributed by atoms with Crippen LogP contribution < -0.4 is 5.32 Å². The van der Waals surface area contributed by atoms with Crippen LogP contribution in [0.2, 0.25) is 0 Å². The first-order valence-electron chi connectivity index (χ1n) is 9.05. The molecular formula is C19H23N5O2. The fourth-order valence-electron chi connectivity index (χ4n) is 3.47. The molecule has 4 rings (SSSR count). The molecule has 0 spiro atoms. The molecular weight excluding hydrogens is 330 g/mol. The van der Waals surface area contributed by atoms with E-state index in [2.05, 4.69) is 39.3 Å². The second-order valence-corrected chi connectivity index (χ2v) is 6.53. The molecule has 0 saturated carbocycles. The number of rotatable bonds is 6. The first kappa shape index (κ1) is 16.9. The van der Waals surface area contributed by atoms with Crippen molar-refractivity contribution in [3.05, 3.63) is 48.5 Å². The number of benzene rings is 1. The van der Waals surface area contributed by atoms with Crippen LogP contribution in [0.5, 0.6) is 0 Å². The molecule has 3 heterocycles. The van der Waals surface area contributed by atoms with Crippen molar-refractivity contribution in [1.29, 1.82) is 0 Å². The Kier molecular flexibility index (Phi) is 4.81. The van der Waals surface area contributed by atoms with Crippen LogP contribution >= 0.6 is 0 Å². The third-order valence-corrected chi connectivity index (χ3v) is 4.88. The highest BCUT2D eigenvalue weighted by Crippen LogP contribution is 2.32. The molecule has 26 heavy (non-hydrogen) atoms. The molecule has 1 aliphatic heterocycles. The summed E-state index contributed by atoms with van der Waals surface area (Å²) < 4.78 is 7.80. The van der Waals surface area contributed by atoms with Gasteiger partial charge in [-0.25, -0.2) is 15.0 Å². The summed E-state index contributed by atoms with van der Waals surface area (Å²) in [6.07, 6.45) is 5.65. The molecule has 136 valence electrons. The van der Waals surface area contributed by atoms with E-state index in [1.165, 1.54) is 5.56 Å². The van der Waals surface area contributed by atoms with Gasteiger partial charge in [-0.15, -0.1) is 0 Å². The Balaban J connectivity index is 1.63. The number of nitrogens with zero attached hydrogens (tertiary/aromatic N) is 4. The van der Waals surface area contributed by atoms with E-state index >= 15 is 0 Å². The maximum atomic E-state index is 9.29. The SMILES string of the molecule is CC[C@@H](Nc1ncnc2c1ncn2[C@H]1CC[C@@H](CO)O1)c1ccccc1. The number of aromatic nitrogens is 4. The Labute approximate surface area is 152 Å². The van der Waals surface area contributed by atoms with Crippen molar-refractivity contribution in [2.24, 2.45) is 0 Å². The lowest BCUT2D eigenvalue weighted by atomic mass is 10.0. The smallest absolute Gasteiger partial charge is 0.167 e. The van der Waals surface area contributed by atoms with Crippen LogP contribution in [0, 0.1) is 0 Å². The van der Waals surface area contributed by atoms with Gasteiger partial charge in [-0.3, -0.25) is 4.57 Å². The highest BCUT2D eigenvalue weighted by molar-refractivity contribution is 5.82. The van der Waals surface area contributed by atoms with Crippen molar-refractivity contribution in [2.75, 3.05) is 11.9 Å². The van der Waals surface area contributed by atoms with Gasteiger partial charge in [0.2, 0.25) is 0 Å². The zero-order chi connectivity index (χ0) is 17.9. The van der Waals surface area contributed by atoms with Crippen LogP contribution in [-0.2, 0) is 4.74 Å². The Morgan fingerprint density at radius 1 is 1.23 bits per heavy atom. The summed E-state index contributed by atoms with van der Waals surface area (Å²) in [5.41, 5.74) is 2.69. The van der Waals surface area contributed by atoms with E-state index in [-0.39, 0.29) is 25.0 Å². The minimum atomic E-state index is -0.143. The molecule has 0 bridgehead atoms. The molecule has 3 atom stereocenters. The minimum Gasteiger partial charge on any atom is -0.394 e. The van der Waals surface area contributed by atoms with Gasteiger partial charge in [0.1, 0.15) is 12.6 Å². The number of hydrogen-bond acceptors (Lipinski definition) is 6. The van der Waals surface area contributed by atoms with Crippen molar-refractivity contribution >= 4 is 17.0 Å². The van der Waals surface area contributed by atoms with Gasteiger partial charge < -0.3 is 15.2 Å². The molecule has 7 nitrogen and oxygen atoms in total. The highest BCUT2D eigenvalue weighted by atomic mass is 16.5. The molecule has 7 heteroatoms. The molecule has 0 aliphatic carbocycles. The Hall–Kier alpha value is -2.51. The molecule has 2 aromatic heterocycles. The third-order valence-electron chi connectivity index (χ3n) is 4.88. The third kappa shape index (κ3) is 3.15. The quantitative estimate of drug-likeness (QED) is 0.708. The number of aliphatic hydroxyl groups excluding tert-OH is 1. The highest BCUT2D eigenvalue weighted by Gasteiger charge is 2.28. The number of imidazole rings is 1. The van der Waals surface area contributed by atoms with Crippen molar-refractivity contribution in [3.8, 4) is 0 Å². The fourth-order valence-corrected chi connectivity index (χ4v) is 3.47. The molecule has 2 N–H and O–H groups in total. The van der Waals surface area contributed by atoms with Crippen molar-refractivity contribution in [2.45, 2.75) is 44.6 Å². The van der Waals surface area contributed by atoms with Crippen molar-refractivity contribution in [3.63, 3.8) is 0 Å². The Bertz CT molecular complexity index is 867. The van der Waals surface area contributed by atoms with E-state index in [1.807, 2.05) is 22.8 Å². The van der Waals surface area contributed by atoms with Crippen LogP contribution in [0.25, 0.3) is 11.2 Å². The van der Waals surface area contributed by atoms with Crippen LogP contribution in [-0.4, -0.2) is 37.3 Å². The number of aliphatic hydroxyl groups is 1. The lowest BCUT2D eigenvalue weighted by molar-refractivity contribution is -0.0207. The molecule has 0 amide bonds. The monoisotopic (exact) mass is 353 g/mol. The lowest BCUT2D eigenvalue weighted by Gasteiger charge is -2.18. The molecule has 3 aromatic rings. The summed E-state index contributed by atoms with van der Waals surface area (Å²) in [5.74, 6) is 0.723. The molecule has 1 fully saturated rings. The largest absolute Gasteiger partial charge is 0.394 e. The summed E-state index contributed by atoms with van der Waals surface area (Å²) >= 11 is 0. The molecule has 1 aliphatic rings. The van der Waals surface area contributed by atoms with E-state index < -0.39 is 0 Å². The van der Waals surface area contributed by atoms with Gasteiger partial charge in [0, 0.05) is 0 Å². The van der Waals surface area contributed by atoms with Crippen LogP contribution in [0.1, 0.15) is 44.0 Å². The minimum absolute atomic E-state index is 0.0418. The van der Waals surface area contributed by atoms with Gasteiger partial charge in [0.25, 0.3) is 0 Å². The maximum absolute atomic E-state index is 9.29. The van der Waals surface area contributed by atoms with Gasteiger partial charge in [-0.2, -0.15) is 0 Å². The van der Waals surface area contributed by atoms with Gasteiger partial charge in [0.05, 0.1) is 25.1 Å². The summed E-state index contributed by atoms with van der Waals surface area (Å²) in [4.78, 5) is 13.4. The van der Waals surface area contributed by atoms with Crippen LogP contribution in [0.3, 0.4) is 0 Å². The molecule has 0 radical (unpaired) electrons. The number of hydrogen-bond donors (Lipinski definition) is 2. The molecule has 1 saturated heterocycles. The summed E-state index contributed by atoms with van der Waals surface area (Å²) in [5, 5.41) is 12.8. The second kappa shape index (κ2) is 7.39. The van der Waals surface area contributed by atoms with Crippen LogP contribution in [0.4, 0.5) is 5.82 Å². The zero-order valence-corrected chi connectivity index (χ0v) is 14.7. The molecule has 1 aromatic carbocycles.